The van der Waals surface area contributed by atoms with Crippen molar-refractivity contribution in [2.75, 3.05) is 13.2 Å². The predicted molar refractivity (Wildman–Crippen MR) is 240 cm³/mol. The Balaban J connectivity index is 1.26. The second-order valence-electron chi connectivity index (χ2n) is 20.4. The number of hydrogen-bond acceptors (Lipinski definition) is 16. The fourth-order valence-corrected chi connectivity index (χ4v) is 9.73. The van der Waals surface area contributed by atoms with Crippen molar-refractivity contribution in [3.8, 4) is 0 Å². The van der Waals surface area contributed by atoms with Gasteiger partial charge < -0.3 is 49.3 Å². The number of esters is 4. The summed E-state index contributed by atoms with van der Waals surface area (Å²) in [6, 6.07) is 3.28. The number of benzene rings is 1. The van der Waals surface area contributed by atoms with E-state index < -0.39 is 119 Å². The number of aliphatic hydroxyl groups is 2. The molecule has 4 saturated heterocycles. The van der Waals surface area contributed by atoms with Crippen molar-refractivity contribution in [2.45, 2.75) is 199 Å². The molecule has 67 heavy (non-hydrogen) atoms. The number of aliphatic hydroxyl groups excluding tert-OH is 2. The summed E-state index contributed by atoms with van der Waals surface area (Å²) in [5.41, 5.74) is -1.75. The molecule has 1 aliphatic carbocycles. The summed E-state index contributed by atoms with van der Waals surface area (Å²) in [6.07, 6.45) is 3.31. The van der Waals surface area contributed by atoms with Crippen LogP contribution in [-0.2, 0) is 68.6 Å². The number of fused-ring (bicyclic) bond motifs is 4. The zero-order chi connectivity index (χ0) is 48.9. The molecule has 18 heteroatoms. The Morgan fingerprint density at radius 3 is 2.19 bits per heavy atom. The van der Waals surface area contributed by atoms with Crippen LogP contribution in [0.4, 0.5) is 0 Å². The summed E-state index contributed by atoms with van der Waals surface area (Å²) in [7, 11) is 0. The maximum Gasteiger partial charge on any atom is 0.348 e. The van der Waals surface area contributed by atoms with Gasteiger partial charge in [-0.1, -0.05) is 77.6 Å². The van der Waals surface area contributed by atoms with Gasteiger partial charge in [0.2, 0.25) is 17.9 Å². The standard InChI is InChI=1S/C49H71N3O15/c1-9-11-13-23-48(24-14-12-10-2)65-37-33-25-49(45(60)51-36(29(3)54)42(57)50-32(27-53)20-22-35(56)64-46(4,5)6)39(43(58)62-33)52(67-40(49)38(37)66-48)26-31-17-15-30(16-18-31)19-21-34(55)63-41-44(59)61-28-47(41,7)8/h15-19,21,29,32-33,36-41,53-54H,9-14,20,22-28H2,1-8H3,(H,50,57)(H,51,60)/t29-,32-,33+,36+,37-,38-,39-,40+,41-,49-/m0/s1. The quantitative estimate of drug-likeness (QED) is 0.0555. The summed E-state index contributed by atoms with van der Waals surface area (Å²) in [5, 5.41) is 28.0. The zero-order valence-corrected chi connectivity index (χ0v) is 40.2. The third-order valence-electron chi connectivity index (χ3n) is 13.2. The van der Waals surface area contributed by atoms with E-state index in [9.17, 15) is 34.2 Å². The molecule has 0 aromatic heterocycles. The maximum atomic E-state index is 15.2. The molecule has 4 heterocycles. The van der Waals surface area contributed by atoms with E-state index in [1.54, 1.807) is 65.0 Å². The number of nitrogens with one attached hydrogen (secondary N) is 2. The largest absolute Gasteiger partial charge is 0.462 e. The number of carbonyl (C=O) groups is 6. The summed E-state index contributed by atoms with van der Waals surface area (Å²) in [4.78, 5) is 87.4. The predicted octanol–water partition coefficient (Wildman–Crippen LogP) is 4.10. The minimum atomic E-state index is -1.68. The molecule has 6 rings (SSSR count). The first kappa shape index (κ1) is 51.9. The molecule has 4 N–H and O–H groups in total. The lowest BCUT2D eigenvalue weighted by molar-refractivity contribution is -0.224. The van der Waals surface area contributed by atoms with Crippen molar-refractivity contribution >= 4 is 41.8 Å². The molecule has 10 atom stereocenters. The molecule has 2 bridgehead atoms. The van der Waals surface area contributed by atoms with Crippen LogP contribution in [0.1, 0.15) is 137 Å². The number of rotatable bonds is 22. The Labute approximate surface area is 393 Å². The first-order valence-corrected chi connectivity index (χ1v) is 23.9. The summed E-state index contributed by atoms with van der Waals surface area (Å²) in [5.74, 6) is -5.10. The number of amides is 2. The van der Waals surface area contributed by atoms with Crippen LogP contribution in [0.5, 0.6) is 0 Å². The SMILES string of the molecule is CCCCCC1(CCCCC)O[C@@H]2[C@H](O1)[C@H]1ON(Cc3ccc(C=CC(=O)O[C@H]4C(=O)OCC4(C)C)cc3)[C@H]3C(=O)O[C@@H]2C[C@@]13C(=O)N[C@@H](C(=O)N[C@H](CO)CCC(=O)OC(C)(C)C)[C@H](C)O. The lowest BCUT2D eigenvalue weighted by atomic mass is 9.62. The van der Waals surface area contributed by atoms with Gasteiger partial charge in [-0.2, -0.15) is 5.06 Å². The summed E-state index contributed by atoms with van der Waals surface area (Å²) in [6.45, 7) is 13.9. The average molecular weight is 942 g/mol. The van der Waals surface area contributed by atoms with Crippen molar-refractivity contribution in [2.24, 2.45) is 10.8 Å². The second kappa shape index (κ2) is 21.5. The molecule has 372 valence electrons. The maximum absolute atomic E-state index is 15.2. The lowest BCUT2D eigenvalue weighted by Gasteiger charge is -2.49. The Morgan fingerprint density at radius 1 is 0.955 bits per heavy atom. The topological polar surface area (TPSA) is 235 Å². The molecule has 5 fully saturated rings. The van der Waals surface area contributed by atoms with Crippen molar-refractivity contribution in [1.82, 2.24) is 15.7 Å². The summed E-state index contributed by atoms with van der Waals surface area (Å²) < 4.78 is 35.8. The lowest BCUT2D eigenvalue weighted by Crippen LogP contribution is -2.71. The van der Waals surface area contributed by atoms with Gasteiger partial charge in [0.05, 0.1) is 25.3 Å². The van der Waals surface area contributed by atoms with Gasteiger partial charge in [0.25, 0.3) is 0 Å². The minimum absolute atomic E-state index is 0.00735. The van der Waals surface area contributed by atoms with Gasteiger partial charge in [-0.05, 0) is 64.2 Å². The van der Waals surface area contributed by atoms with E-state index in [4.69, 9.17) is 33.3 Å². The molecule has 1 saturated carbocycles. The zero-order valence-electron chi connectivity index (χ0n) is 40.2. The van der Waals surface area contributed by atoms with Crippen LogP contribution >= 0.6 is 0 Å². The van der Waals surface area contributed by atoms with Crippen molar-refractivity contribution in [1.29, 1.82) is 0 Å². The van der Waals surface area contributed by atoms with E-state index in [0.29, 0.717) is 24.0 Å². The normalized spacial score (nSPS) is 28.5. The van der Waals surface area contributed by atoms with Crippen LogP contribution in [0.2, 0.25) is 0 Å². The molecule has 4 aliphatic heterocycles. The highest BCUT2D eigenvalue weighted by Crippen LogP contribution is 2.58. The van der Waals surface area contributed by atoms with Crippen molar-refractivity contribution in [3.63, 3.8) is 0 Å². The van der Waals surface area contributed by atoms with Gasteiger partial charge in [-0.15, -0.1) is 0 Å². The Kier molecular flexibility index (Phi) is 16.6. The van der Waals surface area contributed by atoms with Crippen LogP contribution in [0.15, 0.2) is 30.3 Å². The van der Waals surface area contributed by atoms with Crippen molar-refractivity contribution in [3.05, 3.63) is 41.5 Å². The van der Waals surface area contributed by atoms with Crippen LogP contribution in [-0.4, -0.2) is 130 Å². The van der Waals surface area contributed by atoms with Crippen LogP contribution in [0.3, 0.4) is 0 Å². The Morgan fingerprint density at radius 2 is 1.61 bits per heavy atom. The number of carbonyl (C=O) groups excluding carboxylic acids is 6. The number of hydrogen-bond donors (Lipinski definition) is 4. The minimum Gasteiger partial charge on any atom is -0.462 e. The number of cyclic esters (lactones) is 1. The second-order valence-corrected chi connectivity index (χ2v) is 20.4. The number of ether oxygens (including phenoxy) is 6. The van der Waals surface area contributed by atoms with E-state index in [1.807, 2.05) is 0 Å². The van der Waals surface area contributed by atoms with Gasteiger partial charge in [0.1, 0.15) is 48.1 Å². The van der Waals surface area contributed by atoms with E-state index in [-0.39, 0.29) is 32.4 Å². The Hall–Kier alpha value is -4.46. The number of hydroxylamine groups is 2. The number of nitrogens with zero attached hydrogens (tertiary/aromatic N) is 1. The highest BCUT2D eigenvalue weighted by atomic mass is 16.8. The van der Waals surface area contributed by atoms with E-state index >= 15 is 4.79 Å². The summed E-state index contributed by atoms with van der Waals surface area (Å²) >= 11 is 0. The first-order valence-electron chi connectivity index (χ1n) is 23.9. The van der Waals surface area contributed by atoms with E-state index in [0.717, 1.165) is 38.5 Å². The Bertz CT molecular complexity index is 1970. The first-order chi connectivity index (χ1) is 31.7. The van der Waals surface area contributed by atoms with Crippen LogP contribution in [0, 0.1) is 10.8 Å². The van der Waals surface area contributed by atoms with Crippen LogP contribution < -0.4 is 10.6 Å². The fraction of sp³-hybridized carbons (Fsp3) is 0.714. The fourth-order valence-electron chi connectivity index (χ4n) is 9.73. The van der Waals surface area contributed by atoms with Gasteiger partial charge in [0.15, 0.2) is 11.8 Å². The van der Waals surface area contributed by atoms with Gasteiger partial charge >= 0.3 is 23.9 Å². The van der Waals surface area contributed by atoms with Crippen molar-refractivity contribution < 1.29 is 72.2 Å². The molecule has 0 unspecified atom stereocenters. The van der Waals surface area contributed by atoms with Gasteiger partial charge in [0, 0.05) is 37.2 Å². The molecule has 2 amide bonds. The van der Waals surface area contributed by atoms with Gasteiger partial charge in [-0.25, -0.2) is 9.59 Å². The van der Waals surface area contributed by atoms with E-state index in [1.165, 1.54) is 18.1 Å². The molecule has 18 nitrogen and oxygen atoms in total. The highest BCUT2D eigenvalue weighted by molar-refractivity contribution is 5.96. The molecule has 0 spiro atoms. The molecule has 1 aromatic rings. The molecule has 5 aliphatic rings. The monoisotopic (exact) mass is 941 g/mol. The average Bonchev–Trinajstić information content (AvgIpc) is 3.90. The molecular weight excluding hydrogens is 871 g/mol. The highest BCUT2D eigenvalue weighted by Gasteiger charge is 2.76. The van der Waals surface area contributed by atoms with E-state index in [2.05, 4.69) is 24.5 Å². The van der Waals surface area contributed by atoms with Crippen LogP contribution in [0.25, 0.3) is 6.08 Å². The molecular formula is C49H71N3O15. The molecule has 1 aromatic carbocycles. The smallest absolute Gasteiger partial charge is 0.348 e. The third-order valence-corrected chi connectivity index (χ3v) is 13.2. The van der Waals surface area contributed by atoms with Gasteiger partial charge in [-0.3, -0.25) is 24.0 Å². The number of unbranched alkanes of at least 4 members (excludes halogenated alkanes) is 4. The third kappa shape index (κ3) is 11.9. The molecule has 0 radical (unpaired) electrons.